The molecule has 1 heteroatoms. The van der Waals surface area contributed by atoms with Gasteiger partial charge < -0.3 is 0 Å². The molecule has 0 radical (unpaired) electrons. The molecule has 11 heavy (non-hydrogen) atoms. The molecule has 0 aliphatic heterocycles. The number of thiophene rings is 1. The molecule has 1 aromatic heterocycles. The van der Waals surface area contributed by atoms with Crippen LogP contribution in [0.5, 0.6) is 0 Å². The van der Waals surface area contributed by atoms with Crippen molar-refractivity contribution < 1.29 is 0 Å². The first-order valence-corrected chi connectivity index (χ1v) is 4.76. The van der Waals surface area contributed by atoms with Crippen LogP contribution in [-0.4, -0.2) is 0 Å². The molecule has 0 bridgehead atoms. The molecule has 0 fully saturated rings. The standard InChI is InChI=1S/C10H12S/c1-3-5-6-10-8-7-9(4-2)11-10/h7-8H,3-4H2,1-2H3. The highest BCUT2D eigenvalue weighted by Gasteiger charge is 1.92. The van der Waals surface area contributed by atoms with Gasteiger partial charge in [0.25, 0.3) is 0 Å². The van der Waals surface area contributed by atoms with Crippen molar-refractivity contribution in [1.29, 1.82) is 0 Å². The van der Waals surface area contributed by atoms with Crippen LogP contribution in [0.1, 0.15) is 30.0 Å². The molecule has 1 aromatic rings. The Morgan fingerprint density at radius 2 is 2.18 bits per heavy atom. The highest BCUT2D eigenvalue weighted by Crippen LogP contribution is 2.15. The van der Waals surface area contributed by atoms with Gasteiger partial charge in [0, 0.05) is 11.3 Å². The lowest BCUT2D eigenvalue weighted by molar-refractivity contribution is 1.19. The lowest BCUT2D eigenvalue weighted by Crippen LogP contribution is -1.64. The first kappa shape index (κ1) is 8.36. The summed E-state index contributed by atoms with van der Waals surface area (Å²) in [6.07, 6.45) is 2.07. The summed E-state index contributed by atoms with van der Waals surface area (Å²) in [7, 11) is 0. The maximum Gasteiger partial charge on any atom is 0.0771 e. The summed E-state index contributed by atoms with van der Waals surface area (Å²) in [6, 6.07) is 4.26. The second-order valence-corrected chi connectivity index (χ2v) is 3.44. The van der Waals surface area contributed by atoms with Crippen LogP contribution in [0.3, 0.4) is 0 Å². The third kappa shape index (κ3) is 2.40. The van der Waals surface area contributed by atoms with E-state index < -0.39 is 0 Å². The molecule has 0 aliphatic rings. The summed E-state index contributed by atoms with van der Waals surface area (Å²) < 4.78 is 0. The summed E-state index contributed by atoms with van der Waals surface area (Å²) in [5.74, 6) is 6.18. The molecule has 0 amide bonds. The quantitative estimate of drug-likeness (QED) is 0.560. The van der Waals surface area contributed by atoms with Gasteiger partial charge in [0.2, 0.25) is 0 Å². The van der Waals surface area contributed by atoms with Crippen molar-refractivity contribution in [2.45, 2.75) is 26.7 Å². The fraction of sp³-hybridized carbons (Fsp3) is 0.400. The lowest BCUT2D eigenvalue weighted by Gasteiger charge is -1.81. The normalized spacial score (nSPS) is 8.91. The lowest BCUT2D eigenvalue weighted by atomic mass is 10.3. The van der Waals surface area contributed by atoms with E-state index in [-0.39, 0.29) is 0 Å². The van der Waals surface area contributed by atoms with Crippen LogP contribution in [-0.2, 0) is 6.42 Å². The van der Waals surface area contributed by atoms with Gasteiger partial charge in [-0.15, -0.1) is 11.3 Å². The summed E-state index contributed by atoms with van der Waals surface area (Å²) in [4.78, 5) is 2.62. The van der Waals surface area contributed by atoms with Gasteiger partial charge in [-0.25, -0.2) is 0 Å². The van der Waals surface area contributed by atoms with E-state index in [0.29, 0.717) is 0 Å². The molecule has 0 nitrogen and oxygen atoms in total. The van der Waals surface area contributed by atoms with E-state index in [1.165, 1.54) is 9.75 Å². The second kappa shape index (κ2) is 4.20. The van der Waals surface area contributed by atoms with Crippen LogP contribution in [0.15, 0.2) is 12.1 Å². The molecule has 0 saturated heterocycles. The molecule has 0 unspecified atom stereocenters. The van der Waals surface area contributed by atoms with Crippen LogP contribution in [0, 0.1) is 11.8 Å². The van der Waals surface area contributed by atoms with E-state index in [1.54, 1.807) is 11.3 Å². The Bertz CT molecular complexity index is 273. The van der Waals surface area contributed by atoms with Crippen molar-refractivity contribution in [3.63, 3.8) is 0 Å². The fourth-order valence-corrected chi connectivity index (χ4v) is 1.63. The third-order valence-corrected chi connectivity index (χ3v) is 2.54. The highest BCUT2D eigenvalue weighted by molar-refractivity contribution is 7.12. The van der Waals surface area contributed by atoms with Gasteiger partial charge >= 0.3 is 0 Å². The minimum Gasteiger partial charge on any atom is -0.132 e. The van der Waals surface area contributed by atoms with Gasteiger partial charge in [0.15, 0.2) is 0 Å². The molecule has 1 heterocycles. The van der Waals surface area contributed by atoms with E-state index in [1.807, 2.05) is 0 Å². The van der Waals surface area contributed by atoms with Gasteiger partial charge in [0.05, 0.1) is 4.88 Å². The maximum atomic E-state index is 3.12. The van der Waals surface area contributed by atoms with Crippen molar-refractivity contribution in [2.75, 3.05) is 0 Å². The minimum absolute atomic E-state index is 0.944. The van der Waals surface area contributed by atoms with Gasteiger partial charge in [-0.3, -0.25) is 0 Å². The van der Waals surface area contributed by atoms with Crippen molar-refractivity contribution in [2.24, 2.45) is 0 Å². The Labute approximate surface area is 72.3 Å². The zero-order valence-corrected chi connectivity index (χ0v) is 7.79. The number of hydrogen-bond acceptors (Lipinski definition) is 1. The highest BCUT2D eigenvalue weighted by atomic mass is 32.1. The van der Waals surface area contributed by atoms with E-state index in [2.05, 4.69) is 37.8 Å². The van der Waals surface area contributed by atoms with Gasteiger partial charge in [-0.2, -0.15) is 0 Å². The van der Waals surface area contributed by atoms with Crippen LogP contribution in [0.25, 0.3) is 0 Å². The average molecular weight is 164 g/mol. The molecule has 0 spiro atoms. The summed E-state index contributed by atoms with van der Waals surface area (Å²) in [6.45, 7) is 4.24. The van der Waals surface area contributed by atoms with E-state index in [0.717, 1.165) is 12.8 Å². The van der Waals surface area contributed by atoms with E-state index >= 15 is 0 Å². The van der Waals surface area contributed by atoms with Gasteiger partial charge in [-0.1, -0.05) is 25.7 Å². The van der Waals surface area contributed by atoms with Gasteiger partial charge in [0.1, 0.15) is 0 Å². The molecule has 0 saturated carbocycles. The monoisotopic (exact) mass is 164 g/mol. The van der Waals surface area contributed by atoms with Crippen LogP contribution >= 0.6 is 11.3 Å². The third-order valence-electron chi connectivity index (χ3n) is 1.40. The zero-order valence-electron chi connectivity index (χ0n) is 6.98. The Morgan fingerprint density at radius 3 is 2.73 bits per heavy atom. The van der Waals surface area contributed by atoms with Crippen molar-refractivity contribution in [3.05, 3.63) is 21.9 Å². The first-order chi connectivity index (χ1) is 5.36. The SMILES string of the molecule is CCC#Cc1ccc(CC)s1. The van der Waals surface area contributed by atoms with E-state index in [9.17, 15) is 0 Å². The molecule has 0 aliphatic carbocycles. The Balaban J connectivity index is 2.72. The van der Waals surface area contributed by atoms with Crippen LogP contribution in [0.2, 0.25) is 0 Å². The van der Waals surface area contributed by atoms with Crippen LogP contribution in [0.4, 0.5) is 0 Å². The minimum atomic E-state index is 0.944. The summed E-state index contributed by atoms with van der Waals surface area (Å²) in [5.41, 5.74) is 0. The second-order valence-electron chi connectivity index (χ2n) is 2.27. The molecule has 0 N–H and O–H groups in total. The number of rotatable bonds is 1. The maximum absolute atomic E-state index is 3.12. The molecule has 0 atom stereocenters. The fourth-order valence-electron chi connectivity index (χ4n) is 0.811. The Hall–Kier alpha value is -0.740. The van der Waals surface area contributed by atoms with Crippen molar-refractivity contribution in [1.82, 2.24) is 0 Å². The average Bonchev–Trinajstić information content (AvgIpc) is 2.48. The number of aryl methyl sites for hydroxylation is 1. The molecule has 58 valence electrons. The van der Waals surface area contributed by atoms with Gasteiger partial charge in [-0.05, 0) is 18.6 Å². The summed E-state index contributed by atoms with van der Waals surface area (Å²) >= 11 is 1.80. The number of hydrogen-bond donors (Lipinski definition) is 0. The Kier molecular flexibility index (Phi) is 3.19. The largest absolute Gasteiger partial charge is 0.132 e. The molecule has 0 aromatic carbocycles. The van der Waals surface area contributed by atoms with E-state index in [4.69, 9.17) is 0 Å². The zero-order chi connectivity index (χ0) is 8.10. The predicted molar refractivity (Wildman–Crippen MR) is 50.9 cm³/mol. The first-order valence-electron chi connectivity index (χ1n) is 3.94. The molecular weight excluding hydrogens is 152 g/mol. The molecular formula is C10H12S. The Morgan fingerprint density at radius 1 is 1.36 bits per heavy atom. The van der Waals surface area contributed by atoms with Crippen molar-refractivity contribution in [3.8, 4) is 11.8 Å². The van der Waals surface area contributed by atoms with Crippen LogP contribution < -0.4 is 0 Å². The summed E-state index contributed by atoms with van der Waals surface area (Å²) in [5, 5.41) is 0. The van der Waals surface area contributed by atoms with Crippen molar-refractivity contribution >= 4 is 11.3 Å². The topological polar surface area (TPSA) is 0 Å². The smallest absolute Gasteiger partial charge is 0.0771 e. The predicted octanol–water partition coefficient (Wildman–Crippen LogP) is 3.07. The molecule has 1 rings (SSSR count).